The summed E-state index contributed by atoms with van der Waals surface area (Å²) in [6, 6.07) is 0. The molecule has 1 N–H and O–H groups in total. The fourth-order valence-electron chi connectivity index (χ4n) is 1.88. The Kier molecular flexibility index (Phi) is 7.09. The van der Waals surface area contributed by atoms with Crippen LogP contribution in [0.3, 0.4) is 0 Å². The Hall–Kier alpha value is -1.01. The number of rotatable bonds is 8. The highest BCUT2D eigenvalue weighted by Gasteiger charge is 2.15. The summed E-state index contributed by atoms with van der Waals surface area (Å²) in [5, 5.41) is 8.90. The summed E-state index contributed by atoms with van der Waals surface area (Å²) >= 11 is 1.49. The Morgan fingerprint density at radius 3 is 2.80 bits per heavy atom. The van der Waals surface area contributed by atoms with Gasteiger partial charge in [0, 0.05) is 19.2 Å². The van der Waals surface area contributed by atoms with Crippen molar-refractivity contribution < 1.29 is 9.53 Å². The average molecular weight is 299 g/mol. The number of nitrogens with zero attached hydrogens (tertiary/aromatic N) is 2. The number of nitrogens with one attached hydrogen (secondary N) is 1. The maximum absolute atomic E-state index is 11.5. The molecule has 0 spiro atoms. The molecule has 0 aliphatic rings. The highest BCUT2D eigenvalue weighted by Crippen LogP contribution is 2.25. The van der Waals surface area contributed by atoms with E-state index in [1.54, 1.807) is 0 Å². The van der Waals surface area contributed by atoms with Crippen LogP contribution in [-0.4, -0.2) is 34.7 Å². The van der Waals surface area contributed by atoms with E-state index in [-0.39, 0.29) is 5.97 Å². The molecule has 20 heavy (non-hydrogen) atoms. The molecule has 0 amide bonds. The van der Waals surface area contributed by atoms with Gasteiger partial charge in [-0.1, -0.05) is 25.6 Å². The van der Waals surface area contributed by atoms with E-state index >= 15 is 0 Å². The van der Waals surface area contributed by atoms with Crippen molar-refractivity contribution in [3.8, 4) is 0 Å². The van der Waals surface area contributed by atoms with Crippen LogP contribution in [0.1, 0.15) is 32.0 Å². The second kappa shape index (κ2) is 8.32. The maximum Gasteiger partial charge on any atom is 0.316 e. The molecule has 1 rings (SSSR count). The van der Waals surface area contributed by atoms with Crippen molar-refractivity contribution in [3.05, 3.63) is 11.3 Å². The quantitative estimate of drug-likeness (QED) is 0.589. The molecule has 1 aromatic heterocycles. The largest absolute Gasteiger partial charge is 0.465 e. The number of hydrogen-bond donors (Lipinski definition) is 1. The minimum absolute atomic E-state index is 0.183. The number of aromatic nitrogens is 2. The maximum atomic E-state index is 11.5. The first-order chi connectivity index (χ1) is 9.45. The van der Waals surface area contributed by atoms with E-state index in [4.69, 9.17) is 4.74 Å². The van der Waals surface area contributed by atoms with Gasteiger partial charge < -0.3 is 10.1 Å². The lowest BCUT2D eigenvalue weighted by atomic mass is 10.2. The second-order valence-electron chi connectivity index (χ2n) is 5.11. The van der Waals surface area contributed by atoms with Gasteiger partial charge in [0.1, 0.15) is 0 Å². The summed E-state index contributed by atoms with van der Waals surface area (Å²) < 4.78 is 6.80. The van der Waals surface area contributed by atoms with Crippen LogP contribution >= 0.6 is 11.8 Å². The third kappa shape index (κ3) is 5.17. The van der Waals surface area contributed by atoms with Gasteiger partial charge in [0.15, 0.2) is 0 Å². The van der Waals surface area contributed by atoms with Crippen LogP contribution in [-0.2, 0) is 23.1 Å². The summed E-state index contributed by atoms with van der Waals surface area (Å²) in [6.07, 6.45) is 0. The van der Waals surface area contributed by atoms with E-state index < -0.39 is 0 Å². The minimum atomic E-state index is -0.183. The third-order valence-corrected chi connectivity index (χ3v) is 3.94. The molecule has 114 valence electrons. The molecule has 0 atom stereocenters. The molecule has 0 unspecified atom stereocenters. The van der Waals surface area contributed by atoms with Crippen LogP contribution in [0.4, 0.5) is 0 Å². The number of ether oxygens (including phenoxy) is 1. The van der Waals surface area contributed by atoms with E-state index in [1.165, 1.54) is 17.3 Å². The summed E-state index contributed by atoms with van der Waals surface area (Å²) in [6.45, 7) is 10.4. The molecular formula is C14H25N3O2S. The van der Waals surface area contributed by atoms with Gasteiger partial charge >= 0.3 is 5.97 Å². The molecule has 0 bridgehead atoms. The molecule has 1 aromatic rings. The van der Waals surface area contributed by atoms with Crippen LogP contribution in [0.25, 0.3) is 0 Å². The topological polar surface area (TPSA) is 56.1 Å². The van der Waals surface area contributed by atoms with Gasteiger partial charge in [0.25, 0.3) is 0 Å². The number of hydrogen-bond acceptors (Lipinski definition) is 5. The summed E-state index contributed by atoms with van der Waals surface area (Å²) in [4.78, 5) is 11.5. The Bertz CT molecular complexity index is 444. The predicted octanol–water partition coefficient (Wildman–Crippen LogP) is 2.13. The smallest absolute Gasteiger partial charge is 0.316 e. The zero-order chi connectivity index (χ0) is 15.1. The molecular weight excluding hydrogens is 274 g/mol. The number of aryl methyl sites for hydroxylation is 2. The van der Waals surface area contributed by atoms with Gasteiger partial charge in [0.05, 0.1) is 23.1 Å². The molecule has 0 fully saturated rings. The standard InChI is InChI=1S/C14H25N3O2S/c1-6-19-13(18)9-20-14-12(8-15-7-10(2)3)11(4)16-17(14)5/h10,15H,6-9H2,1-5H3. The summed E-state index contributed by atoms with van der Waals surface area (Å²) in [5.41, 5.74) is 2.18. The SMILES string of the molecule is CCOC(=O)CSc1c(CNCC(C)C)c(C)nn1C. The highest BCUT2D eigenvalue weighted by atomic mass is 32.2. The van der Waals surface area contributed by atoms with Gasteiger partial charge in [-0.15, -0.1) is 0 Å². The van der Waals surface area contributed by atoms with Crippen molar-refractivity contribution in [2.24, 2.45) is 13.0 Å². The van der Waals surface area contributed by atoms with Crippen LogP contribution in [0.15, 0.2) is 5.03 Å². The van der Waals surface area contributed by atoms with E-state index in [0.29, 0.717) is 18.3 Å². The Labute approximate surface area is 125 Å². The molecule has 0 saturated carbocycles. The molecule has 0 aliphatic heterocycles. The van der Waals surface area contributed by atoms with Crippen molar-refractivity contribution >= 4 is 17.7 Å². The lowest BCUT2D eigenvalue weighted by Crippen LogP contribution is -2.19. The van der Waals surface area contributed by atoms with Crippen LogP contribution < -0.4 is 5.32 Å². The van der Waals surface area contributed by atoms with Gasteiger partial charge in [-0.2, -0.15) is 5.10 Å². The Balaban J connectivity index is 2.66. The van der Waals surface area contributed by atoms with Crippen molar-refractivity contribution in [1.82, 2.24) is 15.1 Å². The number of carbonyl (C=O) groups is 1. The van der Waals surface area contributed by atoms with Crippen molar-refractivity contribution in [2.75, 3.05) is 18.9 Å². The molecule has 1 heterocycles. The average Bonchev–Trinajstić information content (AvgIpc) is 2.62. The first-order valence-electron chi connectivity index (χ1n) is 6.97. The van der Waals surface area contributed by atoms with Gasteiger partial charge in [0.2, 0.25) is 0 Å². The number of thioether (sulfide) groups is 1. The molecule has 6 heteroatoms. The Morgan fingerprint density at radius 1 is 1.50 bits per heavy atom. The fourth-order valence-corrected chi connectivity index (χ4v) is 2.84. The third-order valence-electron chi connectivity index (χ3n) is 2.78. The number of esters is 1. The molecule has 5 nitrogen and oxygen atoms in total. The van der Waals surface area contributed by atoms with Crippen molar-refractivity contribution in [3.63, 3.8) is 0 Å². The van der Waals surface area contributed by atoms with Gasteiger partial charge in [-0.3, -0.25) is 9.48 Å². The van der Waals surface area contributed by atoms with E-state index in [1.807, 2.05) is 25.6 Å². The summed E-state index contributed by atoms with van der Waals surface area (Å²) in [7, 11) is 1.91. The fraction of sp³-hybridized carbons (Fsp3) is 0.714. The van der Waals surface area contributed by atoms with Gasteiger partial charge in [-0.25, -0.2) is 0 Å². The minimum Gasteiger partial charge on any atom is -0.465 e. The van der Waals surface area contributed by atoms with E-state index in [9.17, 15) is 4.79 Å². The van der Waals surface area contributed by atoms with Crippen LogP contribution in [0.2, 0.25) is 0 Å². The normalized spacial score (nSPS) is 11.1. The van der Waals surface area contributed by atoms with Crippen LogP contribution in [0, 0.1) is 12.8 Å². The molecule has 0 aliphatic carbocycles. The molecule has 0 saturated heterocycles. The molecule has 0 radical (unpaired) electrons. The lowest BCUT2D eigenvalue weighted by Gasteiger charge is -2.09. The van der Waals surface area contributed by atoms with Crippen molar-refractivity contribution in [1.29, 1.82) is 0 Å². The van der Waals surface area contributed by atoms with Crippen LogP contribution in [0.5, 0.6) is 0 Å². The zero-order valence-corrected chi connectivity index (χ0v) is 13.8. The number of carbonyl (C=O) groups excluding carboxylic acids is 1. The highest BCUT2D eigenvalue weighted by molar-refractivity contribution is 7.99. The lowest BCUT2D eigenvalue weighted by molar-refractivity contribution is -0.139. The predicted molar refractivity (Wildman–Crippen MR) is 81.8 cm³/mol. The van der Waals surface area contributed by atoms with E-state index in [0.717, 1.165) is 23.8 Å². The van der Waals surface area contributed by atoms with E-state index in [2.05, 4.69) is 24.3 Å². The summed E-state index contributed by atoms with van der Waals surface area (Å²) in [5.74, 6) is 0.754. The first kappa shape index (κ1) is 17.0. The monoisotopic (exact) mass is 299 g/mol. The zero-order valence-electron chi connectivity index (χ0n) is 13.0. The van der Waals surface area contributed by atoms with Crippen molar-refractivity contribution in [2.45, 2.75) is 39.3 Å². The second-order valence-corrected chi connectivity index (χ2v) is 6.08. The van der Waals surface area contributed by atoms with Gasteiger partial charge in [-0.05, 0) is 26.3 Å². The Morgan fingerprint density at radius 2 is 2.20 bits per heavy atom. The first-order valence-corrected chi connectivity index (χ1v) is 7.95. The molecule has 0 aromatic carbocycles.